The molecule has 3 heterocycles. The lowest BCUT2D eigenvalue weighted by Gasteiger charge is -2.18. The molecule has 6 aromatic rings. The van der Waals surface area contributed by atoms with Crippen molar-refractivity contribution in [2.45, 2.75) is 26.4 Å². The van der Waals surface area contributed by atoms with Gasteiger partial charge in [-0.3, -0.25) is 9.36 Å². The molecule has 0 N–H and O–H groups in total. The van der Waals surface area contributed by atoms with Gasteiger partial charge in [-0.15, -0.1) is 0 Å². The molecule has 0 saturated heterocycles. The Morgan fingerprint density at radius 1 is 0.829 bits per heavy atom. The van der Waals surface area contributed by atoms with Crippen LogP contribution in [0.25, 0.3) is 33.2 Å². The van der Waals surface area contributed by atoms with Gasteiger partial charge in [-0.25, -0.2) is 19.3 Å². The number of aryl methyl sites for hydroxylation is 1. The number of nitrogens with zero attached hydrogens (tertiary/aromatic N) is 5. The molecule has 7 heteroatoms. The zero-order valence-electron chi connectivity index (χ0n) is 19.3. The normalized spacial score (nSPS) is 12.5. The number of fused-ring (bicyclic) bond motifs is 4. The predicted octanol–water partition coefficient (Wildman–Crippen LogP) is 5.40. The number of benzene rings is 3. The first-order valence-electron chi connectivity index (χ1n) is 11.5. The summed E-state index contributed by atoms with van der Waals surface area (Å²) >= 11 is 0. The summed E-state index contributed by atoms with van der Waals surface area (Å²) in [7, 11) is 0. The molecule has 172 valence electrons. The monoisotopic (exact) mass is 463 g/mol. The zero-order valence-corrected chi connectivity index (χ0v) is 19.3. The van der Waals surface area contributed by atoms with Crippen molar-refractivity contribution >= 4 is 33.2 Å². The van der Waals surface area contributed by atoms with Gasteiger partial charge in [-0.1, -0.05) is 54.6 Å². The molecule has 0 saturated carbocycles. The van der Waals surface area contributed by atoms with Crippen molar-refractivity contribution in [2.75, 3.05) is 0 Å². The molecular weight excluding hydrogens is 441 g/mol. The van der Waals surface area contributed by atoms with E-state index < -0.39 is 0 Å². The van der Waals surface area contributed by atoms with E-state index in [2.05, 4.69) is 0 Å². The Morgan fingerprint density at radius 3 is 2.20 bits per heavy atom. The highest BCUT2D eigenvalue weighted by molar-refractivity contribution is 6.04. The summed E-state index contributed by atoms with van der Waals surface area (Å²) in [6.07, 6.45) is 0. The van der Waals surface area contributed by atoms with Crippen LogP contribution in [0, 0.1) is 12.7 Å². The van der Waals surface area contributed by atoms with E-state index in [1.54, 1.807) is 16.7 Å². The molecule has 6 nitrogen and oxygen atoms in total. The zero-order chi connectivity index (χ0) is 24.1. The number of hydrogen-bond acceptors (Lipinski definition) is 4. The van der Waals surface area contributed by atoms with Crippen LogP contribution in [0.15, 0.2) is 83.7 Å². The van der Waals surface area contributed by atoms with E-state index >= 15 is 0 Å². The van der Waals surface area contributed by atoms with Gasteiger partial charge in [0, 0.05) is 0 Å². The number of aromatic nitrogens is 5. The van der Waals surface area contributed by atoms with E-state index in [4.69, 9.17) is 15.0 Å². The van der Waals surface area contributed by atoms with Crippen molar-refractivity contribution in [1.29, 1.82) is 0 Å². The van der Waals surface area contributed by atoms with Crippen LogP contribution in [0.3, 0.4) is 0 Å². The summed E-state index contributed by atoms with van der Waals surface area (Å²) in [6.45, 7) is 4.23. The second kappa shape index (κ2) is 8.13. The molecule has 1 unspecified atom stereocenters. The molecule has 0 bridgehead atoms. The van der Waals surface area contributed by atoms with Crippen LogP contribution in [0.1, 0.15) is 29.9 Å². The van der Waals surface area contributed by atoms with Crippen molar-refractivity contribution in [3.05, 3.63) is 112 Å². The summed E-state index contributed by atoms with van der Waals surface area (Å²) in [5.41, 5.74) is 4.81. The Labute approximate surface area is 200 Å². The molecular formula is C28H22FN5O. The van der Waals surface area contributed by atoms with Gasteiger partial charge in [0.2, 0.25) is 0 Å². The molecule has 6 rings (SSSR count). The maximum absolute atomic E-state index is 14.0. The van der Waals surface area contributed by atoms with E-state index in [1.807, 2.05) is 73.0 Å². The maximum Gasteiger partial charge on any atom is 0.265 e. The van der Waals surface area contributed by atoms with Crippen molar-refractivity contribution < 1.29 is 4.39 Å². The molecule has 0 fully saturated rings. The molecule has 3 aromatic carbocycles. The minimum absolute atomic E-state index is 0.156. The standard InChI is InChI=1S/C28H22FN5O/c1-17(20-8-4-3-5-9-20)34-18(2)30-26-24(28(34)35)25-27(32-23-11-7-6-10-22(23)31-25)33(26)16-19-12-14-21(29)15-13-19/h3-15,17H,16H2,1-2H3. The molecule has 0 aliphatic rings. The van der Waals surface area contributed by atoms with Gasteiger partial charge in [0.25, 0.3) is 5.56 Å². The summed E-state index contributed by atoms with van der Waals surface area (Å²) in [6, 6.07) is 23.6. The Morgan fingerprint density at radius 2 is 1.49 bits per heavy atom. The lowest BCUT2D eigenvalue weighted by Crippen LogP contribution is -2.27. The van der Waals surface area contributed by atoms with Crippen molar-refractivity contribution in [3.63, 3.8) is 0 Å². The third kappa shape index (κ3) is 3.47. The molecule has 0 aliphatic carbocycles. The summed E-state index contributed by atoms with van der Waals surface area (Å²) in [5.74, 6) is 0.306. The Balaban J connectivity index is 1.67. The Bertz CT molecular complexity index is 1770. The van der Waals surface area contributed by atoms with Crippen LogP contribution in [0.4, 0.5) is 4.39 Å². The minimum Gasteiger partial charge on any atom is -0.304 e. The first-order valence-corrected chi connectivity index (χ1v) is 11.5. The highest BCUT2D eigenvalue weighted by Gasteiger charge is 2.23. The van der Waals surface area contributed by atoms with E-state index in [0.717, 1.165) is 16.6 Å². The van der Waals surface area contributed by atoms with Crippen LogP contribution < -0.4 is 5.56 Å². The largest absolute Gasteiger partial charge is 0.304 e. The van der Waals surface area contributed by atoms with E-state index in [9.17, 15) is 9.18 Å². The molecule has 35 heavy (non-hydrogen) atoms. The van der Waals surface area contributed by atoms with Gasteiger partial charge in [-0.05, 0) is 49.2 Å². The van der Waals surface area contributed by atoms with Crippen molar-refractivity contribution in [1.82, 2.24) is 24.1 Å². The number of para-hydroxylation sites is 2. The highest BCUT2D eigenvalue weighted by atomic mass is 19.1. The van der Waals surface area contributed by atoms with Crippen LogP contribution in [0.2, 0.25) is 0 Å². The van der Waals surface area contributed by atoms with Crippen LogP contribution >= 0.6 is 0 Å². The molecule has 1 atom stereocenters. The Kier molecular flexibility index (Phi) is 4.91. The second-order valence-electron chi connectivity index (χ2n) is 8.72. The van der Waals surface area contributed by atoms with Crippen LogP contribution in [-0.4, -0.2) is 24.1 Å². The van der Waals surface area contributed by atoms with Crippen LogP contribution in [-0.2, 0) is 6.54 Å². The number of rotatable bonds is 4. The fraction of sp³-hybridized carbons (Fsp3) is 0.143. The average Bonchev–Trinajstić information content (AvgIpc) is 3.16. The predicted molar refractivity (Wildman–Crippen MR) is 135 cm³/mol. The fourth-order valence-corrected chi connectivity index (χ4v) is 4.73. The molecule has 0 radical (unpaired) electrons. The summed E-state index contributed by atoms with van der Waals surface area (Å²) in [5, 5.41) is 0.439. The maximum atomic E-state index is 14.0. The third-order valence-corrected chi connectivity index (χ3v) is 6.50. The lowest BCUT2D eigenvalue weighted by molar-refractivity contribution is 0.586. The van der Waals surface area contributed by atoms with Crippen LogP contribution in [0.5, 0.6) is 0 Å². The van der Waals surface area contributed by atoms with Crippen molar-refractivity contribution in [3.8, 4) is 0 Å². The SMILES string of the molecule is Cc1nc2c(c(=O)n1C(C)c1ccccc1)c1nc3ccccc3nc1n2Cc1ccc(F)cc1. The van der Waals surface area contributed by atoms with Gasteiger partial charge < -0.3 is 4.57 Å². The lowest BCUT2D eigenvalue weighted by atomic mass is 10.1. The van der Waals surface area contributed by atoms with Gasteiger partial charge in [0.05, 0.1) is 23.6 Å². The first-order chi connectivity index (χ1) is 17.0. The number of halogens is 1. The van der Waals surface area contributed by atoms with Crippen molar-refractivity contribution in [2.24, 2.45) is 0 Å². The highest BCUT2D eigenvalue weighted by Crippen LogP contribution is 2.28. The molecule has 0 aliphatic heterocycles. The topological polar surface area (TPSA) is 65.6 Å². The van der Waals surface area contributed by atoms with E-state index in [0.29, 0.717) is 40.1 Å². The molecule has 0 amide bonds. The number of hydrogen-bond donors (Lipinski definition) is 0. The summed E-state index contributed by atoms with van der Waals surface area (Å²) in [4.78, 5) is 28.6. The first kappa shape index (κ1) is 21.2. The quantitative estimate of drug-likeness (QED) is 0.351. The van der Waals surface area contributed by atoms with E-state index in [1.165, 1.54) is 12.1 Å². The van der Waals surface area contributed by atoms with Gasteiger partial charge in [0.15, 0.2) is 11.3 Å². The van der Waals surface area contributed by atoms with Gasteiger partial charge in [-0.2, -0.15) is 0 Å². The minimum atomic E-state index is -0.298. The van der Waals surface area contributed by atoms with E-state index in [-0.39, 0.29) is 17.4 Å². The average molecular weight is 464 g/mol. The van der Waals surface area contributed by atoms with Gasteiger partial charge >= 0.3 is 0 Å². The summed E-state index contributed by atoms with van der Waals surface area (Å²) < 4.78 is 17.2. The fourth-order valence-electron chi connectivity index (χ4n) is 4.73. The second-order valence-corrected chi connectivity index (χ2v) is 8.72. The molecule has 3 aromatic heterocycles. The molecule has 0 spiro atoms. The van der Waals surface area contributed by atoms with Gasteiger partial charge in [0.1, 0.15) is 22.5 Å². The third-order valence-electron chi connectivity index (χ3n) is 6.50. The smallest absolute Gasteiger partial charge is 0.265 e. The Hall–Kier alpha value is -4.39.